The van der Waals surface area contributed by atoms with Crippen molar-refractivity contribution in [3.8, 4) is 11.4 Å². The summed E-state index contributed by atoms with van der Waals surface area (Å²) in [5, 5.41) is 8.02. The first-order valence-corrected chi connectivity index (χ1v) is 12.2. The monoisotopic (exact) mass is 493 g/mol. The van der Waals surface area contributed by atoms with Gasteiger partial charge in [0.25, 0.3) is 5.92 Å². The molecule has 0 amide bonds. The third kappa shape index (κ3) is 5.93. The molecule has 0 spiro atoms. The lowest BCUT2D eigenvalue weighted by Crippen LogP contribution is -2.18. The first-order chi connectivity index (χ1) is 15.8. The molecule has 1 N–H and O–H groups in total. The van der Waals surface area contributed by atoms with E-state index in [1.807, 2.05) is 0 Å². The van der Waals surface area contributed by atoms with Crippen LogP contribution in [0.4, 0.5) is 14.5 Å². The van der Waals surface area contributed by atoms with Crippen molar-refractivity contribution in [1.82, 2.24) is 20.0 Å². The summed E-state index contributed by atoms with van der Waals surface area (Å²) in [6.45, 7) is 3.95. The number of alkyl halides is 2. The Balaban J connectivity index is 1.82. The van der Waals surface area contributed by atoms with Crippen molar-refractivity contribution >= 4 is 21.7 Å². The molecule has 2 heterocycles. The molecule has 0 saturated heterocycles. The van der Waals surface area contributed by atoms with Gasteiger partial charge in [0.2, 0.25) is 10.0 Å². The number of hydrogen-bond acceptors (Lipinski definition) is 7. The van der Waals surface area contributed by atoms with Crippen molar-refractivity contribution in [2.45, 2.75) is 39.2 Å². The molecule has 1 aromatic carbocycles. The van der Waals surface area contributed by atoms with E-state index in [0.717, 1.165) is 13.2 Å². The second-order valence-electron chi connectivity index (χ2n) is 8.00. The first-order valence-electron chi connectivity index (χ1n) is 10.3. The maximum absolute atomic E-state index is 14.0. The highest BCUT2D eigenvalue weighted by Gasteiger charge is 2.30. The second kappa shape index (κ2) is 9.45. The van der Waals surface area contributed by atoms with Crippen LogP contribution in [-0.4, -0.2) is 40.6 Å². The maximum atomic E-state index is 14.0. The summed E-state index contributed by atoms with van der Waals surface area (Å²) in [4.78, 5) is 17.1. The number of sulfonamides is 1. The van der Waals surface area contributed by atoms with E-state index in [1.165, 1.54) is 29.8 Å². The number of carbonyl (C=O) groups is 1. The molecule has 9 nitrogen and oxygen atoms in total. The molecule has 3 rings (SSSR count). The Labute approximate surface area is 196 Å². The number of esters is 1. The predicted molar refractivity (Wildman–Crippen MR) is 122 cm³/mol. The average Bonchev–Trinajstić information content (AvgIpc) is 3.08. The summed E-state index contributed by atoms with van der Waals surface area (Å²) in [7, 11) is -1.88. The molecule has 0 aliphatic heterocycles. The maximum Gasteiger partial charge on any atom is 0.312 e. The number of halogens is 2. The second-order valence-corrected chi connectivity index (χ2v) is 9.74. The Morgan fingerprint density at radius 3 is 2.53 bits per heavy atom. The van der Waals surface area contributed by atoms with Gasteiger partial charge in [0.15, 0.2) is 0 Å². The zero-order chi connectivity index (χ0) is 25.3. The fraction of sp³-hybridized carbons (Fsp3) is 0.364. The highest BCUT2D eigenvalue weighted by molar-refractivity contribution is 7.92. The van der Waals surface area contributed by atoms with Crippen LogP contribution in [0.5, 0.6) is 0 Å². The van der Waals surface area contributed by atoms with Crippen LogP contribution in [0.2, 0.25) is 0 Å². The molecule has 3 aromatic rings. The first kappa shape index (κ1) is 25.2. The van der Waals surface area contributed by atoms with E-state index in [2.05, 4.69) is 20.0 Å². The number of hydrogen-bond donors (Lipinski definition) is 1. The molecule has 0 saturated carbocycles. The SMILES string of the molecule is Cc1nc(-c2nnn(C)c2CC(=O)O[C@H](C)c2ccccc2C(C)(F)F)ccc1NS(C)(=O)=O. The number of ether oxygens (including phenoxy) is 1. The van der Waals surface area contributed by atoms with Crippen LogP contribution in [0.25, 0.3) is 11.4 Å². The van der Waals surface area contributed by atoms with Crippen molar-refractivity contribution in [2.75, 3.05) is 11.0 Å². The molecule has 0 bridgehead atoms. The smallest absolute Gasteiger partial charge is 0.312 e. The van der Waals surface area contributed by atoms with Crippen molar-refractivity contribution in [3.63, 3.8) is 0 Å². The average molecular weight is 494 g/mol. The van der Waals surface area contributed by atoms with Gasteiger partial charge in [0.05, 0.1) is 35.4 Å². The lowest BCUT2D eigenvalue weighted by Gasteiger charge is -2.20. The van der Waals surface area contributed by atoms with Crippen LogP contribution in [-0.2, 0) is 38.9 Å². The normalized spacial score (nSPS) is 12.9. The van der Waals surface area contributed by atoms with E-state index in [9.17, 15) is 22.0 Å². The van der Waals surface area contributed by atoms with Crippen LogP contribution in [0, 0.1) is 6.92 Å². The van der Waals surface area contributed by atoms with Crippen molar-refractivity contribution in [2.24, 2.45) is 7.05 Å². The minimum absolute atomic E-state index is 0.208. The van der Waals surface area contributed by atoms with Gasteiger partial charge in [-0.25, -0.2) is 22.2 Å². The third-order valence-corrected chi connectivity index (χ3v) is 5.65. The number of nitrogens with one attached hydrogen (secondary N) is 1. The number of aromatic nitrogens is 4. The van der Waals surface area contributed by atoms with E-state index in [0.29, 0.717) is 28.5 Å². The molecule has 34 heavy (non-hydrogen) atoms. The Bertz CT molecular complexity index is 1320. The van der Waals surface area contributed by atoms with Gasteiger partial charge in [0.1, 0.15) is 11.8 Å². The van der Waals surface area contributed by atoms with E-state index in [-0.39, 0.29) is 17.5 Å². The standard InChI is InChI=1S/C22H25F2N5O4S/c1-13-17(27-34(5,31)32)10-11-18(25-13)21-19(29(4)28-26-21)12-20(30)33-14(2)15-8-6-7-9-16(15)22(3,23)24/h6-11,14,27H,12H2,1-5H3/t14-/m1/s1. The molecule has 0 aliphatic carbocycles. The minimum Gasteiger partial charge on any atom is -0.457 e. The van der Waals surface area contributed by atoms with Gasteiger partial charge < -0.3 is 4.74 Å². The summed E-state index contributed by atoms with van der Waals surface area (Å²) in [6.07, 6.45) is -0.0908. The van der Waals surface area contributed by atoms with Crippen LogP contribution < -0.4 is 4.72 Å². The van der Waals surface area contributed by atoms with E-state index < -0.39 is 28.0 Å². The van der Waals surface area contributed by atoms with Crippen molar-refractivity contribution < 1.29 is 26.7 Å². The minimum atomic E-state index is -3.47. The summed E-state index contributed by atoms with van der Waals surface area (Å²) in [5.41, 5.74) is 1.85. The molecule has 0 unspecified atom stereocenters. The molecule has 0 radical (unpaired) electrons. The Hall–Kier alpha value is -3.41. The quantitative estimate of drug-likeness (QED) is 0.477. The number of carbonyl (C=O) groups excluding carboxylic acids is 1. The number of nitrogens with zero attached hydrogens (tertiary/aromatic N) is 4. The Morgan fingerprint density at radius 2 is 1.91 bits per heavy atom. The van der Waals surface area contributed by atoms with Gasteiger partial charge >= 0.3 is 5.97 Å². The van der Waals surface area contributed by atoms with Gasteiger partial charge in [-0.15, -0.1) is 5.10 Å². The number of aryl methyl sites for hydroxylation is 2. The molecule has 0 fully saturated rings. The molecular formula is C22H25F2N5O4S. The highest BCUT2D eigenvalue weighted by atomic mass is 32.2. The Morgan fingerprint density at radius 1 is 1.24 bits per heavy atom. The zero-order valence-corrected chi connectivity index (χ0v) is 20.2. The fourth-order valence-corrected chi connectivity index (χ4v) is 4.08. The molecule has 182 valence electrons. The Kier molecular flexibility index (Phi) is 7.01. The van der Waals surface area contributed by atoms with E-state index in [4.69, 9.17) is 4.74 Å². The van der Waals surface area contributed by atoms with Crippen LogP contribution in [0.1, 0.15) is 42.5 Å². The summed E-state index contributed by atoms with van der Waals surface area (Å²) >= 11 is 0. The van der Waals surface area contributed by atoms with Gasteiger partial charge in [-0.1, -0.05) is 29.5 Å². The zero-order valence-electron chi connectivity index (χ0n) is 19.3. The number of rotatable bonds is 8. The fourth-order valence-electron chi connectivity index (χ4n) is 3.46. The summed E-state index contributed by atoms with van der Waals surface area (Å²) in [5.74, 6) is -3.74. The van der Waals surface area contributed by atoms with Gasteiger partial charge in [-0.2, -0.15) is 0 Å². The van der Waals surface area contributed by atoms with Crippen LogP contribution in [0.3, 0.4) is 0 Å². The molecule has 12 heteroatoms. The molecule has 2 aromatic heterocycles. The molecule has 1 atom stereocenters. The lowest BCUT2D eigenvalue weighted by atomic mass is 9.99. The van der Waals surface area contributed by atoms with Crippen LogP contribution in [0.15, 0.2) is 36.4 Å². The van der Waals surface area contributed by atoms with Crippen molar-refractivity contribution in [1.29, 1.82) is 0 Å². The molecule has 0 aliphatic rings. The van der Waals surface area contributed by atoms with Crippen LogP contribution >= 0.6 is 0 Å². The summed E-state index contributed by atoms with van der Waals surface area (Å²) in [6, 6.07) is 9.01. The predicted octanol–water partition coefficient (Wildman–Crippen LogP) is 3.52. The third-order valence-electron chi connectivity index (χ3n) is 5.06. The molecular weight excluding hydrogens is 468 g/mol. The highest BCUT2D eigenvalue weighted by Crippen LogP contribution is 2.34. The number of benzene rings is 1. The number of pyridine rings is 1. The van der Waals surface area contributed by atoms with Gasteiger partial charge in [-0.3, -0.25) is 14.2 Å². The van der Waals surface area contributed by atoms with Gasteiger partial charge in [0, 0.05) is 25.1 Å². The summed E-state index contributed by atoms with van der Waals surface area (Å²) < 4.78 is 60.1. The van der Waals surface area contributed by atoms with E-state index in [1.54, 1.807) is 32.2 Å². The van der Waals surface area contributed by atoms with Gasteiger partial charge in [-0.05, 0) is 26.0 Å². The topological polar surface area (TPSA) is 116 Å². The van der Waals surface area contributed by atoms with E-state index >= 15 is 0 Å². The lowest BCUT2D eigenvalue weighted by molar-refractivity contribution is -0.148. The number of anilines is 1. The largest absolute Gasteiger partial charge is 0.457 e. The van der Waals surface area contributed by atoms with Crippen molar-refractivity contribution in [3.05, 3.63) is 58.9 Å².